The molecule has 0 aromatic heterocycles. The first-order valence-electron chi connectivity index (χ1n) is 7.91. The smallest absolute Gasteiger partial charge is 0.264 e. The zero-order valence-corrected chi connectivity index (χ0v) is 15.3. The molecule has 0 saturated heterocycles. The van der Waals surface area contributed by atoms with Crippen molar-refractivity contribution < 1.29 is 17.9 Å². The molecule has 2 rings (SSSR count). The predicted octanol–water partition coefficient (Wildman–Crippen LogP) is 2.66. The number of rotatable bonds is 7. The summed E-state index contributed by atoms with van der Waals surface area (Å²) in [4.78, 5) is 12.1. The van der Waals surface area contributed by atoms with Crippen LogP contribution in [0.1, 0.15) is 23.7 Å². The quantitative estimate of drug-likeness (QED) is 0.822. The molecule has 25 heavy (non-hydrogen) atoms. The molecule has 2 aromatic rings. The zero-order chi connectivity index (χ0) is 18.4. The van der Waals surface area contributed by atoms with Crippen molar-refractivity contribution in [2.45, 2.75) is 18.2 Å². The minimum absolute atomic E-state index is 0.167. The van der Waals surface area contributed by atoms with Gasteiger partial charge in [0.25, 0.3) is 15.9 Å². The van der Waals surface area contributed by atoms with E-state index in [1.54, 1.807) is 36.4 Å². The molecule has 0 aliphatic rings. The number of ether oxygens (including phenoxy) is 1. The summed E-state index contributed by atoms with van der Waals surface area (Å²) in [6.07, 6.45) is 0.854. The van der Waals surface area contributed by atoms with E-state index in [4.69, 9.17) is 4.74 Å². The van der Waals surface area contributed by atoms with Crippen molar-refractivity contribution in [3.05, 3.63) is 54.1 Å². The van der Waals surface area contributed by atoms with Gasteiger partial charge >= 0.3 is 0 Å². The van der Waals surface area contributed by atoms with Gasteiger partial charge in [-0.3, -0.25) is 9.10 Å². The summed E-state index contributed by atoms with van der Waals surface area (Å²) in [5.41, 5.74) is 0.968. The number of carbonyl (C=O) groups excluding carboxylic acids is 1. The Bertz CT molecular complexity index is 815. The number of amides is 1. The Morgan fingerprint density at radius 1 is 1.08 bits per heavy atom. The van der Waals surface area contributed by atoms with Crippen molar-refractivity contribution in [1.29, 1.82) is 0 Å². The van der Waals surface area contributed by atoms with Crippen molar-refractivity contribution in [1.82, 2.24) is 5.32 Å². The zero-order valence-electron chi connectivity index (χ0n) is 14.5. The molecule has 0 atom stereocenters. The van der Waals surface area contributed by atoms with Crippen molar-refractivity contribution in [3.8, 4) is 5.75 Å². The molecule has 0 bridgehead atoms. The fraction of sp³-hybridized carbons (Fsp3) is 0.278. The molecule has 134 valence electrons. The molecule has 0 aliphatic heterocycles. The van der Waals surface area contributed by atoms with E-state index >= 15 is 0 Å². The van der Waals surface area contributed by atoms with Gasteiger partial charge in [0.2, 0.25) is 0 Å². The van der Waals surface area contributed by atoms with E-state index in [1.807, 2.05) is 6.92 Å². The average Bonchev–Trinajstić information content (AvgIpc) is 2.65. The number of carbonyl (C=O) groups is 1. The molecule has 1 N–H and O–H groups in total. The fourth-order valence-electron chi connectivity index (χ4n) is 2.21. The van der Waals surface area contributed by atoms with Gasteiger partial charge in [0.15, 0.2) is 0 Å². The number of nitrogens with zero attached hydrogens (tertiary/aromatic N) is 1. The van der Waals surface area contributed by atoms with Gasteiger partial charge in [0, 0.05) is 19.2 Å². The Kier molecular flexibility index (Phi) is 6.03. The van der Waals surface area contributed by atoms with Crippen LogP contribution in [-0.4, -0.2) is 35.0 Å². The van der Waals surface area contributed by atoms with Gasteiger partial charge in [-0.1, -0.05) is 6.92 Å². The molecule has 7 heteroatoms. The van der Waals surface area contributed by atoms with Crippen LogP contribution >= 0.6 is 0 Å². The third-order valence-electron chi connectivity index (χ3n) is 3.75. The Hall–Kier alpha value is -2.54. The summed E-state index contributed by atoms with van der Waals surface area (Å²) in [5.74, 6) is 0.415. The second-order valence-corrected chi connectivity index (χ2v) is 7.42. The maximum absolute atomic E-state index is 12.7. The number of hydrogen-bond acceptors (Lipinski definition) is 4. The van der Waals surface area contributed by atoms with E-state index in [2.05, 4.69) is 5.32 Å². The van der Waals surface area contributed by atoms with E-state index in [1.165, 1.54) is 30.6 Å². The van der Waals surface area contributed by atoms with E-state index in [-0.39, 0.29) is 10.8 Å². The number of benzene rings is 2. The van der Waals surface area contributed by atoms with E-state index in [0.717, 1.165) is 6.42 Å². The van der Waals surface area contributed by atoms with Crippen LogP contribution in [0.2, 0.25) is 0 Å². The lowest BCUT2D eigenvalue weighted by atomic mass is 10.2. The average molecular weight is 362 g/mol. The molecule has 0 radical (unpaired) electrons. The van der Waals surface area contributed by atoms with Crippen molar-refractivity contribution >= 4 is 21.6 Å². The van der Waals surface area contributed by atoms with Crippen LogP contribution in [0, 0.1) is 0 Å². The first-order valence-corrected chi connectivity index (χ1v) is 9.35. The maximum Gasteiger partial charge on any atom is 0.264 e. The molecule has 0 spiro atoms. The molecule has 0 unspecified atom stereocenters. The summed E-state index contributed by atoms with van der Waals surface area (Å²) in [7, 11) is -0.687. The standard InChI is InChI=1S/C18H22N2O4S/c1-4-13-19-18(21)14-5-7-15(8-6-14)20(2)25(22,23)17-11-9-16(24-3)10-12-17/h5-12H,4,13H2,1-3H3,(H,19,21). The van der Waals surface area contributed by atoms with Crippen LogP contribution < -0.4 is 14.4 Å². The Balaban J connectivity index is 2.20. The highest BCUT2D eigenvalue weighted by Crippen LogP contribution is 2.24. The number of anilines is 1. The normalized spacial score (nSPS) is 11.0. The Morgan fingerprint density at radius 3 is 2.20 bits per heavy atom. The Morgan fingerprint density at radius 2 is 1.68 bits per heavy atom. The maximum atomic E-state index is 12.7. The molecule has 0 heterocycles. The molecule has 0 fully saturated rings. The highest BCUT2D eigenvalue weighted by atomic mass is 32.2. The van der Waals surface area contributed by atoms with Gasteiger partial charge in [0.1, 0.15) is 5.75 Å². The number of sulfonamides is 1. The van der Waals surface area contributed by atoms with Crippen LogP contribution in [0.25, 0.3) is 0 Å². The molecule has 2 aromatic carbocycles. The lowest BCUT2D eigenvalue weighted by Gasteiger charge is -2.20. The van der Waals surface area contributed by atoms with Gasteiger partial charge in [-0.05, 0) is 55.0 Å². The monoisotopic (exact) mass is 362 g/mol. The first kappa shape index (κ1) is 18.8. The van der Waals surface area contributed by atoms with Crippen LogP contribution in [0.15, 0.2) is 53.4 Å². The summed E-state index contributed by atoms with van der Waals surface area (Å²) in [6.45, 7) is 2.58. The van der Waals surface area contributed by atoms with Crippen molar-refractivity contribution in [2.75, 3.05) is 25.0 Å². The molecule has 6 nitrogen and oxygen atoms in total. The second kappa shape index (κ2) is 8.02. The summed E-state index contributed by atoms with van der Waals surface area (Å²) >= 11 is 0. The minimum Gasteiger partial charge on any atom is -0.497 e. The van der Waals surface area contributed by atoms with Crippen molar-refractivity contribution in [2.24, 2.45) is 0 Å². The van der Waals surface area contributed by atoms with Crippen LogP contribution in [0.3, 0.4) is 0 Å². The summed E-state index contributed by atoms with van der Waals surface area (Å²) in [6, 6.07) is 12.6. The number of hydrogen-bond donors (Lipinski definition) is 1. The lowest BCUT2D eigenvalue weighted by Crippen LogP contribution is -2.27. The summed E-state index contributed by atoms with van der Waals surface area (Å²) < 4.78 is 31.6. The first-order chi connectivity index (χ1) is 11.9. The van der Waals surface area contributed by atoms with E-state index < -0.39 is 10.0 Å². The second-order valence-electron chi connectivity index (χ2n) is 5.45. The molecule has 1 amide bonds. The largest absolute Gasteiger partial charge is 0.497 e. The van der Waals surface area contributed by atoms with Crippen LogP contribution in [0.4, 0.5) is 5.69 Å². The van der Waals surface area contributed by atoms with Crippen molar-refractivity contribution in [3.63, 3.8) is 0 Å². The molecule has 0 aliphatic carbocycles. The van der Waals surface area contributed by atoms with Crippen LogP contribution in [-0.2, 0) is 10.0 Å². The highest BCUT2D eigenvalue weighted by molar-refractivity contribution is 7.92. The van der Waals surface area contributed by atoms with Gasteiger partial charge < -0.3 is 10.1 Å². The predicted molar refractivity (Wildman–Crippen MR) is 97.6 cm³/mol. The molecular weight excluding hydrogens is 340 g/mol. The third kappa shape index (κ3) is 4.30. The summed E-state index contributed by atoms with van der Waals surface area (Å²) in [5, 5.41) is 2.78. The van der Waals surface area contributed by atoms with Gasteiger partial charge in [-0.15, -0.1) is 0 Å². The molecular formula is C18H22N2O4S. The van der Waals surface area contributed by atoms with E-state index in [0.29, 0.717) is 23.5 Å². The molecule has 0 saturated carbocycles. The number of nitrogens with one attached hydrogen (secondary N) is 1. The third-order valence-corrected chi connectivity index (χ3v) is 5.55. The van der Waals surface area contributed by atoms with Gasteiger partial charge in [0.05, 0.1) is 17.7 Å². The van der Waals surface area contributed by atoms with Gasteiger partial charge in [-0.2, -0.15) is 0 Å². The van der Waals surface area contributed by atoms with E-state index in [9.17, 15) is 13.2 Å². The Labute approximate surface area is 148 Å². The lowest BCUT2D eigenvalue weighted by molar-refractivity contribution is 0.0953. The highest BCUT2D eigenvalue weighted by Gasteiger charge is 2.21. The topological polar surface area (TPSA) is 75.7 Å². The van der Waals surface area contributed by atoms with Gasteiger partial charge in [-0.25, -0.2) is 8.42 Å². The number of methoxy groups -OCH3 is 1. The minimum atomic E-state index is -3.69. The fourth-order valence-corrected chi connectivity index (χ4v) is 3.40. The SMILES string of the molecule is CCCNC(=O)c1ccc(N(C)S(=O)(=O)c2ccc(OC)cc2)cc1. The van der Waals surface area contributed by atoms with Crippen LogP contribution in [0.5, 0.6) is 5.75 Å².